The number of nitrogens with one attached hydrogen (secondary N) is 1. The molecule has 0 radical (unpaired) electrons. The second kappa shape index (κ2) is 6.82. The maximum Gasteiger partial charge on any atom is 0.261 e. The standard InChI is InChI=1S/C18H16ClN3O2S/c1-9(2)13-8-7-12-14(15(16(20)23)25-18(12)21-13)22-17(24)10-3-5-11(19)6-4-10/h3-9H,1-2H3,(H2,20,23)(H,22,24). The van der Waals surface area contributed by atoms with E-state index in [0.29, 0.717) is 26.5 Å². The molecule has 3 aromatic rings. The monoisotopic (exact) mass is 373 g/mol. The molecule has 25 heavy (non-hydrogen) atoms. The van der Waals surface area contributed by atoms with Gasteiger partial charge in [-0.2, -0.15) is 0 Å². The Labute approximate surface area is 153 Å². The predicted octanol–water partition coefficient (Wildman–Crippen LogP) is 4.42. The van der Waals surface area contributed by atoms with E-state index in [0.717, 1.165) is 5.69 Å². The summed E-state index contributed by atoms with van der Waals surface area (Å²) in [5.41, 5.74) is 7.24. The van der Waals surface area contributed by atoms with Gasteiger partial charge in [-0.05, 0) is 42.3 Å². The maximum absolute atomic E-state index is 12.5. The van der Waals surface area contributed by atoms with Crippen LogP contribution in [0.1, 0.15) is 45.5 Å². The van der Waals surface area contributed by atoms with Gasteiger partial charge in [0.15, 0.2) is 0 Å². The van der Waals surface area contributed by atoms with E-state index in [1.54, 1.807) is 24.3 Å². The summed E-state index contributed by atoms with van der Waals surface area (Å²) in [4.78, 5) is 29.8. The van der Waals surface area contributed by atoms with Gasteiger partial charge in [0.05, 0.1) is 5.69 Å². The molecule has 7 heteroatoms. The van der Waals surface area contributed by atoms with Crippen LogP contribution >= 0.6 is 22.9 Å². The Morgan fingerprint density at radius 1 is 1.16 bits per heavy atom. The van der Waals surface area contributed by atoms with Crippen molar-refractivity contribution in [3.8, 4) is 0 Å². The summed E-state index contributed by atoms with van der Waals surface area (Å²) in [6.07, 6.45) is 0. The topological polar surface area (TPSA) is 85.1 Å². The summed E-state index contributed by atoms with van der Waals surface area (Å²) in [5, 5.41) is 4.03. The molecule has 2 amide bonds. The first-order valence-corrected chi connectivity index (χ1v) is 8.86. The van der Waals surface area contributed by atoms with Crippen LogP contribution in [0.2, 0.25) is 5.02 Å². The predicted molar refractivity (Wildman–Crippen MR) is 102 cm³/mol. The molecule has 3 rings (SSSR count). The molecule has 2 aromatic heterocycles. The molecule has 2 heterocycles. The molecule has 0 aliphatic rings. The molecule has 0 aliphatic carbocycles. The number of amides is 2. The lowest BCUT2D eigenvalue weighted by molar-refractivity contribution is 0.100. The van der Waals surface area contributed by atoms with Crippen molar-refractivity contribution in [3.63, 3.8) is 0 Å². The molecule has 0 saturated heterocycles. The number of halogens is 1. The molecule has 1 aromatic carbocycles. The fourth-order valence-corrected chi connectivity index (χ4v) is 3.51. The molecule has 5 nitrogen and oxygen atoms in total. The average molecular weight is 374 g/mol. The van der Waals surface area contributed by atoms with E-state index in [1.165, 1.54) is 11.3 Å². The highest BCUT2D eigenvalue weighted by Gasteiger charge is 2.20. The molecular formula is C18H16ClN3O2S. The highest BCUT2D eigenvalue weighted by atomic mass is 35.5. The Hall–Kier alpha value is -2.44. The lowest BCUT2D eigenvalue weighted by atomic mass is 10.1. The number of carbonyl (C=O) groups excluding carboxylic acids is 2. The maximum atomic E-state index is 12.5. The van der Waals surface area contributed by atoms with E-state index >= 15 is 0 Å². The molecule has 0 unspecified atom stereocenters. The minimum atomic E-state index is -0.597. The molecule has 0 aliphatic heterocycles. The highest BCUT2D eigenvalue weighted by molar-refractivity contribution is 7.21. The summed E-state index contributed by atoms with van der Waals surface area (Å²) in [7, 11) is 0. The van der Waals surface area contributed by atoms with E-state index in [2.05, 4.69) is 10.3 Å². The third kappa shape index (κ3) is 3.50. The quantitative estimate of drug-likeness (QED) is 0.709. The van der Waals surface area contributed by atoms with Crippen molar-refractivity contribution in [3.05, 3.63) is 57.6 Å². The molecule has 0 spiro atoms. The number of fused-ring (bicyclic) bond motifs is 1. The summed E-state index contributed by atoms with van der Waals surface area (Å²) in [6.45, 7) is 4.08. The number of nitrogens with zero attached hydrogens (tertiary/aromatic N) is 1. The second-order valence-electron chi connectivity index (χ2n) is 5.87. The number of anilines is 1. The third-order valence-electron chi connectivity index (χ3n) is 3.74. The molecule has 128 valence electrons. The first-order valence-electron chi connectivity index (χ1n) is 7.67. The number of carbonyl (C=O) groups is 2. The first-order chi connectivity index (χ1) is 11.9. The van der Waals surface area contributed by atoms with Crippen LogP contribution in [0.15, 0.2) is 36.4 Å². The molecule has 0 saturated carbocycles. The van der Waals surface area contributed by atoms with Crippen molar-refractivity contribution in [2.75, 3.05) is 5.32 Å². The van der Waals surface area contributed by atoms with Crippen LogP contribution in [0.4, 0.5) is 5.69 Å². The minimum absolute atomic E-state index is 0.260. The van der Waals surface area contributed by atoms with Gasteiger partial charge in [0.2, 0.25) is 0 Å². The zero-order valence-electron chi connectivity index (χ0n) is 13.7. The normalized spacial score (nSPS) is 11.0. The Balaban J connectivity index is 2.04. The van der Waals surface area contributed by atoms with Gasteiger partial charge in [-0.25, -0.2) is 4.98 Å². The van der Waals surface area contributed by atoms with E-state index in [4.69, 9.17) is 17.3 Å². The highest BCUT2D eigenvalue weighted by Crippen LogP contribution is 2.35. The van der Waals surface area contributed by atoms with Crippen LogP contribution in [0, 0.1) is 0 Å². The van der Waals surface area contributed by atoms with Crippen molar-refractivity contribution in [2.24, 2.45) is 5.73 Å². The molecular weight excluding hydrogens is 358 g/mol. The summed E-state index contributed by atoms with van der Waals surface area (Å²) in [5.74, 6) is -0.678. The van der Waals surface area contributed by atoms with Gasteiger partial charge >= 0.3 is 0 Å². The van der Waals surface area contributed by atoms with Crippen molar-refractivity contribution in [1.82, 2.24) is 4.98 Å². The van der Waals surface area contributed by atoms with Gasteiger partial charge < -0.3 is 11.1 Å². The number of hydrogen-bond donors (Lipinski definition) is 2. The fourth-order valence-electron chi connectivity index (χ4n) is 2.40. The number of primary amides is 1. The summed E-state index contributed by atoms with van der Waals surface area (Å²) >= 11 is 7.03. The largest absolute Gasteiger partial charge is 0.365 e. The first kappa shape index (κ1) is 17.4. The number of benzene rings is 1. The number of hydrogen-bond acceptors (Lipinski definition) is 4. The number of thiophene rings is 1. The Kier molecular flexibility index (Phi) is 4.74. The van der Waals surface area contributed by atoms with Crippen molar-refractivity contribution in [1.29, 1.82) is 0 Å². The SMILES string of the molecule is CC(C)c1ccc2c(NC(=O)c3ccc(Cl)cc3)c(C(N)=O)sc2n1. The van der Waals surface area contributed by atoms with Crippen LogP contribution in [-0.2, 0) is 0 Å². The number of pyridine rings is 1. The lowest BCUT2D eigenvalue weighted by Gasteiger charge is -2.07. The van der Waals surface area contributed by atoms with Crippen LogP contribution < -0.4 is 11.1 Å². The smallest absolute Gasteiger partial charge is 0.261 e. The zero-order chi connectivity index (χ0) is 18.1. The molecule has 0 bridgehead atoms. The number of nitrogens with two attached hydrogens (primary N) is 1. The summed E-state index contributed by atoms with van der Waals surface area (Å²) in [6, 6.07) is 10.2. The number of rotatable bonds is 4. The fraction of sp³-hybridized carbons (Fsp3) is 0.167. The minimum Gasteiger partial charge on any atom is -0.365 e. The van der Waals surface area contributed by atoms with E-state index < -0.39 is 5.91 Å². The Bertz CT molecular complexity index is 964. The van der Waals surface area contributed by atoms with E-state index in [-0.39, 0.29) is 16.7 Å². The van der Waals surface area contributed by atoms with E-state index in [1.807, 2.05) is 26.0 Å². The van der Waals surface area contributed by atoms with Crippen LogP contribution in [-0.4, -0.2) is 16.8 Å². The molecule has 0 atom stereocenters. The Morgan fingerprint density at radius 3 is 2.44 bits per heavy atom. The van der Waals surface area contributed by atoms with Crippen LogP contribution in [0.3, 0.4) is 0 Å². The van der Waals surface area contributed by atoms with Crippen molar-refractivity contribution >= 4 is 50.7 Å². The number of aromatic nitrogens is 1. The molecule has 3 N–H and O–H groups in total. The van der Waals surface area contributed by atoms with Gasteiger partial charge in [-0.15, -0.1) is 11.3 Å². The van der Waals surface area contributed by atoms with Gasteiger partial charge in [-0.3, -0.25) is 9.59 Å². The average Bonchev–Trinajstić information content (AvgIpc) is 2.93. The lowest BCUT2D eigenvalue weighted by Crippen LogP contribution is -2.16. The second-order valence-corrected chi connectivity index (χ2v) is 7.31. The Morgan fingerprint density at radius 2 is 1.84 bits per heavy atom. The van der Waals surface area contributed by atoms with Gasteiger partial charge in [0, 0.05) is 21.7 Å². The van der Waals surface area contributed by atoms with Crippen molar-refractivity contribution < 1.29 is 9.59 Å². The van der Waals surface area contributed by atoms with Crippen molar-refractivity contribution in [2.45, 2.75) is 19.8 Å². The van der Waals surface area contributed by atoms with Gasteiger partial charge in [-0.1, -0.05) is 25.4 Å². The summed E-state index contributed by atoms with van der Waals surface area (Å²) < 4.78 is 0. The van der Waals surface area contributed by atoms with Crippen LogP contribution in [0.5, 0.6) is 0 Å². The van der Waals surface area contributed by atoms with Gasteiger partial charge in [0.1, 0.15) is 9.71 Å². The van der Waals surface area contributed by atoms with Gasteiger partial charge in [0.25, 0.3) is 11.8 Å². The molecule has 0 fully saturated rings. The van der Waals surface area contributed by atoms with Crippen LogP contribution in [0.25, 0.3) is 10.2 Å². The van der Waals surface area contributed by atoms with E-state index in [9.17, 15) is 9.59 Å². The third-order valence-corrected chi connectivity index (χ3v) is 5.10. The zero-order valence-corrected chi connectivity index (χ0v) is 15.2.